The Hall–Kier alpha value is -0.130. The number of hydrogen-bond donors (Lipinski definition) is 1. The van der Waals surface area contributed by atoms with Gasteiger partial charge in [0.05, 0.1) is 5.60 Å². The van der Waals surface area contributed by atoms with Crippen LogP contribution in [0.3, 0.4) is 0 Å². The van der Waals surface area contributed by atoms with Crippen LogP contribution in [-0.2, 0) is 11.2 Å². The maximum absolute atomic E-state index is 5.88. The zero-order chi connectivity index (χ0) is 13.0. The molecule has 0 aliphatic heterocycles. The van der Waals surface area contributed by atoms with E-state index < -0.39 is 0 Å². The van der Waals surface area contributed by atoms with Crippen LogP contribution in [0.25, 0.3) is 0 Å². The number of nitrogens with one attached hydrogen (secondary N) is 1. The van der Waals surface area contributed by atoms with E-state index in [4.69, 9.17) is 4.74 Å². The molecule has 1 aliphatic rings. The highest BCUT2D eigenvalue weighted by atomic mass is 127. The van der Waals surface area contributed by atoms with Crippen LogP contribution in [0.5, 0.6) is 0 Å². The Bertz CT molecular complexity index is 371. The van der Waals surface area contributed by atoms with Gasteiger partial charge in [-0.05, 0) is 66.6 Å². The van der Waals surface area contributed by atoms with E-state index in [0.29, 0.717) is 6.04 Å². The highest BCUT2D eigenvalue weighted by Gasteiger charge is 2.40. The summed E-state index contributed by atoms with van der Waals surface area (Å²) >= 11 is 2.35. The van der Waals surface area contributed by atoms with E-state index in [2.05, 4.69) is 59.2 Å². The van der Waals surface area contributed by atoms with Crippen molar-refractivity contribution in [3.8, 4) is 0 Å². The van der Waals surface area contributed by atoms with Gasteiger partial charge in [-0.25, -0.2) is 0 Å². The van der Waals surface area contributed by atoms with E-state index in [1.807, 2.05) is 7.11 Å². The van der Waals surface area contributed by atoms with Crippen molar-refractivity contribution in [2.75, 3.05) is 14.2 Å². The van der Waals surface area contributed by atoms with Crippen LogP contribution in [0.1, 0.15) is 31.2 Å². The largest absolute Gasteiger partial charge is 0.377 e. The van der Waals surface area contributed by atoms with Crippen molar-refractivity contribution in [1.82, 2.24) is 5.32 Å². The molecule has 0 bridgehead atoms. The first-order valence-corrected chi connectivity index (χ1v) is 7.75. The van der Waals surface area contributed by atoms with E-state index in [1.165, 1.54) is 34.8 Å². The molecule has 100 valence electrons. The summed E-state index contributed by atoms with van der Waals surface area (Å²) < 4.78 is 7.18. The predicted molar refractivity (Wildman–Crippen MR) is 83.9 cm³/mol. The van der Waals surface area contributed by atoms with Crippen LogP contribution in [0, 0.1) is 3.57 Å². The smallest absolute Gasteiger partial charge is 0.0834 e. The quantitative estimate of drug-likeness (QED) is 0.814. The molecule has 0 heterocycles. The van der Waals surface area contributed by atoms with Gasteiger partial charge in [0.15, 0.2) is 0 Å². The van der Waals surface area contributed by atoms with Crippen molar-refractivity contribution in [3.63, 3.8) is 0 Å². The molecule has 1 N–H and O–H groups in total. The van der Waals surface area contributed by atoms with Gasteiger partial charge in [-0.3, -0.25) is 0 Å². The zero-order valence-electron chi connectivity index (χ0n) is 11.2. The van der Waals surface area contributed by atoms with Gasteiger partial charge in [-0.1, -0.05) is 25.0 Å². The Morgan fingerprint density at radius 1 is 1.28 bits per heavy atom. The first-order chi connectivity index (χ1) is 8.70. The Kier molecular flexibility index (Phi) is 5.04. The van der Waals surface area contributed by atoms with Crippen molar-refractivity contribution in [2.24, 2.45) is 0 Å². The van der Waals surface area contributed by atoms with Gasteiger partial charge < -0.3 is 10.1 Å². The molecule has 0 amide bonds. The second-order valence-corrected chi connectivity index (χ2v) is 6.39. The summed E-state index contributed by atoms with van der Waals surface area (Å²) in [4.78, 5) is 0. The molecule has 1 fully saturated rings. The zero-order valence-corrected chi connectivity index (χ0v) is 13.4. The van der Waals surface area contributed by atoms with E-state index in [9.17, 15) is 0 Å². The molecule has 0 aromatic heterocycles. The molecule has 1 atom stereocenters. The molecule has 2 nitrogen and oxygen atoms in total. The van der Waals surface area contributed by atoms with Gasteiger partial charge in [0.25, 0.3) is 0 Å². The van der Waals surface area contributed by atoms with E-state index in [1.54, 1.807) is 0 Å². The molecule has 18 heavy (non-hydrogen) atoms. The van der Waals surface area contributed by atoms with Crippen LogP contribution < -0.4 is 5.32 Å². The van der Waals surface area contributed by atoms with Crippen molar-refractivity contribution in [1.29, 1.82) is 0 Å². The van der Waals surface area contributed by atoms with Gasteiger partial charge in [0, 0.05) is 16.7 Å². The fraction of sp³-hybridized carbons (Fsp3) is 0.600. The second-order valence-electron chi connectivity index (χ2n) is 5.15. The Balaban J connectivity index is 2.11. The van der Waals surface area contributed by atoms with Gasteiger partial charge in [-0.15, -0.1) is 0 Å². The summed E-state index contributed by atoms with van der Waals surface area (Å²) in [5.41, 5.74) is 1.43. The number of likely N-dealkylation sites (N-methyl/N-ethyl adjacent to an activating group) is 1. The molecule has 1 aromatic carbocycles. The number of halogens is 1. The van der Waals surface area contributed by atoms with Crippen LogP contribution in [0.15, 0.2) is 24.3 Å². The molecule has 0 radical (unpaired) electrons. The van der Waals surface area contributed by atoms with Crippen LogP contribution in [0.4, 0.5) is 0 Å². The highest BCUT2D eigenvalue weighted by Crippen LogP contribution is 2.36. The fourth-order valence-electron chi connectivity index (χ4n) is 3.08. The highest BCUT2D eigenvalue weighted by molar-refractivity contribution is 14.1. The lowest BCUT2D eigenvalue weighted by molar-refractivity contribution is -0.0336. The summed E-state index contributed by atoms with van der Waals surface area (Å²) in [7, 11) is 3.92. The third kappa shape index (κ3) is 3.06. The monoisotopic (exact) mass is 359 g/mol. The van der Waals surface area contributed by atoms with E-state index >= 15 is 0 Å². The average Bonchev–Trinajstić information content (AvgIpc) is 2.88. The first kappa shape index (κ1) is 14.3. The third-order valence-electron chi connectivity index (χ3n) is 4.19. The summed E-state index contributed by atoms with van der Waals surface area (Å²) in [5.74, 6) is 0. The number of rotatable bonds is 5. The minimum atomic E-state index is 0.0394. The number of hydrogen-bond acceptors (Lipinski definition) is 2. The molecule has 1 unspecified atom stereocenters. The molecule has 1 aromatic rings. The maximum Gasteiger partial charge on any atom is 0.0834 e. The van der Waals surface area contributed by atoms with Crippen molar-refractivity contribution in [2.45, 2.75) is 43.7 Å². The third-order valence-corrected chi connectivity index (χ3v) is 4.91. The molecule has 1 saturated carbocycles. The number of ether oxygens (including phenoxy) is 1. The lowest BCUT2D eigenvalue weighted by Gasteiger charge is -2.36. The van der Waals surface area contributed by atoms with Crippen LogP contribution in [-0.4, -0.2) is 25.8 Å². The Morgan fingerprint density at radius 2 is 1.89 bits per heavy atom. The summed E-state index contributed by atoms with van der Waals surface area (Å²) in [6.07, 6.45) is 5.98. The molecule has 0 spiro atoms. The minimum absolute atomic E-state index is 0.0394. The predicted octanol–water partition coefficient (Wildman–Crippen LogP) is 3.38. The Labute approximate surface area is 124 Å². The van der Waals surface area contributed by atoms with Crippen molar-refractivity contribution in [3.05, 3.63) is 33.4 Å². The van der Waals surface area contributed by atoms with Gasteiger partial charge in [0.1, 0.15) is 0 Å². The number of methoxy groups -OCH3 is 1. The maximum atomic E-state index is 5.88. The number of benzene rings is 1. The van der Waals surface area contributed by atoms with Crippen LogP contribution >= 0.6 is 22.6 Å². The van der Waals surface area contributed by atoms with Crippen molar-refractivity contribution < 1.29 is 4.74 Å². The summed E-state index contributed by atoms with van der Waals surface area (Å²) in [5, 5.41) is 3.47. The normalized spacial score (nSPS) is 19.9. The van der Waals surface area contributed by atoms with Crippen LogP contribution in [0.2, 0.25) is 0 Å². The van der Waals surface area contributed by atoms with Gasteiger partial charge >= 0.3 is 0 Å². The molecule has 3 heteroatoms. The first-order valence-electron chi connectivity index (χ1n) is 6.67. The second kappa shape index (κ2) is 6.35. The minimum Gasteiger partial charge on any atom is -0.377 e. The standard InChI is InChI=1S/C15H22INO/c1-17-14(15(18-2)9-3-4-10-15)11-12-5-7-13(16)8-6-12/h5-8,14,17H,3-4,9-11H2,1-2H3. The molecule has 1 aliphatic carbocycles. The Morgan fingerprint density at radius 3 is 2.39 bits per heavy atom. The summed E-state index contributed by atoms with van der Waals surface area (Å²) in [6.45, 7) is 0. The summed E-state index contributed by atoms with van der Waals surface area (Å²) in [6, 6.07) is 9.22. The van der Waals surface area contributed by atoms with Gasteiger partial charge in [0.2, 0.25) is 0 Å². The topological polar surface area (TPSA) is 21.3 Å². The van der Waals surface area contributed by atoms with E-state index in [-0.39, 0.29) is 5.60 Å². The van der Waals surface area contributed by atoms with Gasteiger partial charge in [-0.2, -0.15) is 0 Å². The average molecular weight is 359 g/mol. The lowest BCUT2D eigenvalue weighted by atomic mass is 9.87. The molecule has 2 rings (SSSR count). The molecule has 0 saturated heterocycles. The SMILES string of the molecule is CNC(Cc1ccc(I)cc1)C1(OC)CCCC1. The molecular formula is C15H22INO. The van der Waals surface area contributed by atoms with E-state index in [0.717, 1.165) is 6.42 Å². The lowest BCUT2D eigenvalue weighted by Crippen LogP contribution is -2.50. The molecular weight excluding hydrogens is 337 g/mol. The van der Waals surface area contributed by atoms with Crippen molar-refractivity contribution >= 4 is 22.6 Å². The fourth-order valence-corrected chi connectivity index (χ4v) is 3.44.